The highest BCUT2D eigenvalue weighted by molar-refractivity contribution is 6.35. The number of anilines is 3. The van der Waals surface area contributed by atoms with Gasteiger partial charge in [0.1, 0.15) is 0 Å². The molecule has 0 aromatic heterocycles. The van der Waals surface area contributed by atoms with Crippen molar-refractivity contribution >= 4 is 46.2 Å². The molecule has 126 valence electrons. The van der Waals surface area contributed by atoms with E-state index in [2.05, 4.69) is 10.6 Å². The molecule has 0 bridgehead atoms. The molecule has 0 unspecified atom stereocenters. The second kappa shape index (κ2) is 7.88. The molecule has 3 rings (SSSR count). The molecule has 1 heterocycles. The van der Waals surface area contributed by atoms with Crippen LogP contribution in [-0.4, -0.2) is 19.1 Å². The molecule has 2 aromatic rings. The lowest BCUT2D eigenvalue weighted by molar-refractivity contribution is -0.122. The molecule has 1 fully saturated rings. The third-order valence-corrected chi connectivity index (χ3v) is 4.52. The molecular weight excluding hydrogens is 347 g/mol. The van der Waals surface area contributed by atoms with Crippen LogP contribution < -0.4 is 10.6 Å². The molecule has 0 spiro atoms. The van der Waals surface area contributed by atoms with Gasteiger partial charge >= 0.3 is 0 Å². The number of halogens is 2. The lowest BCUT2D eigenvalue weighted by Gasteiger charge is -2.21. The topological polar surface area (TPSA) is 50.4 Å². The van der Waals surface area contributed by atoms with Gasteiger partial charge in [-0.3, -0.25) is 4.79 Å². The lowest BCUT2D eigenvalue weighted by atomic mass is 9.99. The first-order valence-electron chi connectivity index (χ1n) is 7.82. The summed E-state index contributed by atoms with van der Waals surface area (Å²) < 4.78 is 5.28. The quantitative estimate of drug-likeness (QED) is 0.792. The number of carbonyl (C=O) groups excluding carboxylic acids is 1. The van der Waals surface area contributed by atoms with Crippen molar-refractivity contribution in [3.63, 3.8) is 0 Å². The first kappa shape index (κ1) is 17.1. The SMILES string of the molecule is O=C(Nc1ccc(Nc2cc(Cl)ccc2Cl)cc1)C1CCOCC1. The van der Waals surface area contributed by atoms with Crippen LogP contribution in [0.4, 0.5) is 17.1 Å². The van der Waals surface area contributed by atoms with Crippen molar-refractivity contribution < 1.29 is 9.53 Å². The molecule has 2 aromatic carbocycles. The third-order valence-electron chi connectivity index (χ3n) is 3.95. The first-order valence-corrected chi connectivity index (χ1v) is 8.58. The lowest BCUT2D eigenvalue weighted by Crippen LogP contribution is -2.28. The maximum absolute atomic E-state index is 12.2. The van der Waals surface area contributed by atoms with Crippen LogP contribution in [0, 0.1) is 5.92 Å². The van der Waals surface area contributed by atoms with Gasteiger partial charge in [-0.15, -0.1) is 0 Å². The Balaban J connectivity index is 1.62. The summed E-state index contributed by atoms with van der Waals surface area (Å²) in [7, 11) is 0. The van der Waals surface area contributed by atoms with E-state index in [1.54, 1.807) is 18.2 Å². The zero-order chi connectivity index (χ0) is 16.9. The smallest absolute Gasteiger partial charge is 0.227 e. The summed E-state index contributed by atoms with van der Waals surface area (Å²) in [6.45, 7) is 1.31. The molecule has 1 saturated heterocycles. The van der Waals surface area contributed by atoms with E-state index in [0.717, 1.165) is 29.9 Å². The Morgan fingerprint density at radius 3 is 2.38 bits per heavy atom. The molecule has 2 N–H and O–H groups in total. The van der Waals surface area contributed by atoms with Crippen molar-refractivity contribution in [1.82, 2.24) is 0 Å². The summed E-state index contributed by atoms with van der Waals surface area (Å²) in [4.78, 5) is 12.2. The van der Waals surface area contributed by atoms with Crippen LogP contribution >= 0.6 is 23.2 Å². The van der Waals surface area contributed by atoms with E-state index in [9.17, 15) is 4.79 Å². The summed E-state index contributed by atoms with van der Waals surface area (Å²) in [5.74, 6) is 0.0821. The molecule has 0 radical (unpaired) electrons. The summed E-state index contributed by atoms with van der Waals surface area (Å²) in [5, 5.41) is 7.37. The largest absolute Gasteiger partial charge is 0.381 e. The number of amides is 1. The van der Waals surface area contributed by atoms with Gasteiger partial charge in [-0.25, -0.2) is 0 Å². The average molecular weight is 365 g/mol. The minimum Gasteiger partial charge on any atom is -0.381 e. The van der Waals surface area contributed by atoms with E-state index in [1.165, 1.54) is 0 Å². The zero-order valence-corrected chi connectivity index (χ0v) is 14.5. The van der Waals surface area contributed by atoms with Crippen LogP contribution in [-0.2, 0) is 9.53 Å². The number of hydrogen-bond donors (Lipinski definition) is 2. The van der Waals surface area contributed by atoms with E-state index in [1.807, 2.05) is 24.3 Å². The van der Waals surface area contributed by atoms with Crippen molar-refractivity contribution in [2.45, 2.75) is 12.8 Å². The van der Waals surface area contributed by atoms with Gasteiger partial charge < -0.3 is 15.4 Å². The van der Waals surface area contributed by atoms with E-state index in [-0.39, 0.29) is 11.8 Å². The van der Waals surface area contributed by atoms with Gasteiger partial charge in [-0.2, -0.15) is 0 Å². The molecule has 1 amide bonds. The highest BCUT2D eigenvalue weighted by atomic mass is 35.5. The van der Waals surface area contributed by atoms with Crippen molar-refractivity contribution in [2.75, 3.05) is 23.8 Å². The van der Waals surface area contributed by atoms with E-state index < -0.39 is 0 Å². The van der Waals surface area contributed by atoms with Crippen LogP contribution in [0.15, 0.2) is 42.5 Å². The number of ether oxygens (including phenoxy) is 1. The van der Waals surface area contributed by atoms with E-state index in [0.29, 0.717) is 23.3 Å². The molecule has 0 saturated carbocycles. The van der Waals surface area contributed by atoms with E-state index >= 15 is 0 Å². The number of benzene rings is 2. The molecule has 6 heteroatoms. The summed E-state index contributed by atoms with van der Waals surface area (Å²) in [6.07, 6.45) is 1.55. The maximum Gasteiger partial charge on any atom is 0.227 e. The molecule has 1 aliphatic rings. The number of carbonyl (C=O) groups is 1. The normalized spacial score (nSPS) is 15.1. The maximum atomic E-state index is 12.2. The molecule has 4 nitrogen and oxygen atoms in total. The minimum absolute atomic E-state index is 0.0295. The van der Waals surface area contributed by atoms with Crippen molar-refractivity contribution in [1.29, 1.82) is 0 Å². The van der Waals surface area contributed by atoms with Crippen LogP contribution in [0.2, 0.25) is 10.0 Å². The highest BCUT2D eigenvalue weighted by Gasteiger charge is 2.21. The van der Waals surface area contributed by atoms with Crippen molar-refractivity contribution in [3.05, 3.63) is 52.5 Å². The predicted octanol–water partition coefficient (Wildman–Crippen LogP) is 5.10. The van der Waals surface area contributed by atoms with Crippen molar-refractivity contribution in [2.24, 2.45) is 5.92 Å². The van der Waals surface area contributed by atoms with Gasteiger partial charge in [0.2, 0.25) is 5.91 Å². The predicted molar refractivity (Wildman–Crippen MR) is 98.4 cm³/mol. The fourth-order valence-electron chi connectivity index (χ4n) is 2.59. The monoisotopic (exact) mass is 364 g/mol. The molecule has 0 aliphatic carbocycles. The van der Waals surface area contributed by atoms with Gasteiger partial charge in [0.25, 0.3) is 0 Å². The Labute approximate surface area is 151 Å². The van der Waals surface area contributed by atoms with Gasteiger partial charge in [0.05, 0.1) is 10.7 Å². The second-order valence-corrected chi connectivity index (χ2v) is 6.55. The molecular formula is C18H18Cl2N2O2. The van der Waals surface area contributed by atoms with Crippen molar-refractivity contribution in [3.8, 4) is 0 Å². The van der Waals surface area contributed by atoms with Gasteiger partial charge in [-0.1, -0.05) is 23.2 Å². The fraction of sp³-hybridized carbons (Fsp3) is 0.278. The summed E-state index contributed by atoms with van der Waals surface area (Å²) >= 11 is 12.1. The molecule has 24 heavy (non-hydrogen) atoms. The Morgan fingerprint density at radius 2 is 1.67 bits per heavy atom. The summed E-state index contributed by atoms with van der Waals surface area (Å²) in [6, 6.07) is 12.7. The molecule has 0 atom stereocenters. The zero-order valence-electron chi connectivity index (χ0n) is 13.0. The summed E-state index contributed by atoms with van der Waals surface area (Å²) in [5.41, 5.74) is 2.38. The standard InChI is InChI=1S/C18H18Cl2N2O2/c19-13-1-6-16(20)17(11-13)21-14-2-4-15(5-3-14)22-18(23)12-7-9-24-10-8-12/h1-6,11-12,21H,7-10H2,(H,22,23). The minimum atomic E-state index is 0.0295. The Hall–Kier alpha value is -1.75. The molecule has 1 aliphatic heterocycles. The van der Waals surface area contributed by atoms with Gasteiger partial charge in [-0.05, 0) is 55.3 Å². The van der Waals surface area contributed by atoms with Crippen LogP contribution in [0.25, 0.3) is 0 Å². The Bertz CT molecular complexity index is 713. The van der Waals surface area contributed by atoms with Crippen LogP contribution in [0.3, 0.4) is 0 Å². The highest BCUT2D eigenvalue weighted by Crippen LogP contribution is 2.29. The average Bonchev–Trinajstić information content (AvgIpc) is 2.60. The van der Waals surface area contributed by atoms with Gasteiger partial charge in [0.15, 0.2) is 0 Å². The van der Waals surface area contributed by atoms with Crippen LogP contribution in [0.5, 0.6) is 0 Å². The van der Waals surface area contributed by atoms with Gasteiger partial charge in [0, 0.05) is 35.5 Å². The van der Waals surface area contributed by atoms with Crippen LogP contribution in [0.1, 0.15) is 12.8 Å². The number of rotatable bonds is 4. The first-order chi connectivity index (χ1) is 11.6. The third kappa shape index (κ3) is 4.41. The fourth-order valence-corrected chi connectivity index (χ4v) is 2.93. The Kier molecular flexibility index (Phi) is 5.61. The number of nitrogens with one attached hydrogen (secondary N) is 2. The Morgan fingerprint density at radius 1 is 1.00 bits per heavy atom. The second-order valence-electron chi connectivity index (χ2n) is 5.70. The van der Waals surface area contributed by atoms with E-state index in [4.69, 9.17) is 27.9 Å². The number of hydrogen-bond acceptors (Lipinski definition) is 3.